The lowest BCUT2D eigenvalue weighted by molar-refractivity contribution is 0.170. The summed E-state index contributed by atoms with van der Waals surface area (Å²) in [6.45, 7) is 2.44. The minimum absolute atomic E-state index is 0.185. The van der Waals surface area contributed by atoms with Gasteiger partial charge in [-0.1, -0.05) is 24.3 Å². The topological polar surface area (TPSA) is 88.5 Å². The molecular weight excluding hydrogens is 304 g/mol. The quantitative estimate of drug-likeness (QED) is 0.451. The molecule has 1 aromatic heterocycles. The fourth-order valence-corrected chi connectivity index (χ4v) is 2.88. The van der Waals surface area contributed by atoms with Crippen LogP contribution in [-0.4, -0.2) is 32.9 Å². The number of aliphatic hydroxyl groups excluding tert-OH is 1. The summed E-state index contributed by atoms with van der Waals surface area (Å²) in [7, 11) is 0. The SMILES string of the molecule is CC(Cc1c[nH]c2ccccc12)NCC(O)c1ccc(O)c(O)c1. The number of benzene rings is 2. The summed E-state index contributed by atoms with van der Waals surface area (Å²) in [5, 5.41) is 33.6. The van der Waals surface area contributed by atoms with Crippen LogP contribution in [0.2, 0.25) is 0 Å². The predicted molar refractivity (Wildman–Crippen MR) is 94.2 cm³/mol. The largest absolute Gasteiger partial charge is 0.504 e. The van der Waals surface area contributed by atoms with E-state index < -0.39 is 6.10 Å². The highest BCUT2D eigenvalue weighted by atomic mass is 16.3. The van der Waals surface area contributed by atoms with Crippen molar-refractivity contribution in [2.24, 2.45) is 0 Å². The van der Waals surface area contributed by atoms with E-state index in [0.717, 1.165) is 11.9 Å². The van der Waals surface area contributed by atoms with Gasteiger partial charge in [0.1, 0.15) is 0 Å². The Morgan fingerprint density at radius 3 is 2.67 bits per heavy atom. The number of phenols is 2. The third-order valence-corrected chi connectivity index (χ3v) is 4.24. The molecule has 0 aliphatic heterocycles. The van der Waals surface area contributed by atoms with Gasteiger partial charge in [-0.05, 0) is 42.7 Å². The molecule has 0 aliphatic rings. The molecule has 0 saturated carbocycles. The van der Waals surface area contributed by atoms with E-state index >= 15 is 0 Å². The number of hydrogen-bond acceptors (Lipinski definition) is 4. The molecule has 1 heterocycles. The number of hydrogen-bond donors (Lipinski definition) is 5. The second kappa shape index (κ2) is 6.95. The third kappa shape index (κ3) is 3.53. The fraction of sp³-hybridized carbons (Fsp3) is 0.263. The van der Waals surface area contributed by atoms with Crippen molar-refractivity contribution >= 4 is 10.9 Å². The average Bonchev–Trinajstić information content (AvgIpc) is 2.98. The van der Waals surface area contributed by atoms with Crippen LogP contribution in [0, 0.1) is 0 Å². The van der Waals surface area contributed by atoms with Crippen molar-refractivity contribution in [3.8, 4) is 11.5 Å². The Morgan fingerprint density at radius 2 is 1.88 bits per heavy atom. The van der Waals surface area contributed by atoms with E-state index in [-0.39, 0.29) is 17.5 Å². The second-order valence-corrected chi connectivity index (χ2v) is 6.14. The van der Waals surface area contributed by atoms with E-state index in [9.17, 15) is 15.3 Å². The van der Waals surface area contributed by atoms with Gasteiger partial charge in [-0.3, -0.25) is 0 Å². The lowest BCUT2D eigenvalue weighted by atomic mass is 10.0. The minimum Gasteiger partial charge on any atom is -0.504 e. The highest BCUT2D eigenvalue weighted by molar-refractivity contribution is 5.83. The molecule has 0 radical (unpaired) electrons. The Kier molecular flexibility index (Phi) is 4.74. The standard InChI is InChI=1S/C19H22N2O3/c1-12(8-14-10-21-16-5-3-2-4-15(14)16)20-11-19(24)13-6-7-17(22)18(23)9-13/h2-7,9-10,12,19-24H,8,11H2,1H3. The second-order valence-electron chi connectivity index (χ2n) is 6.14. The Balaban J connectivity index is 1.58. The first kappa shape index (κ1) is 16.4. The molecule has 3 rings (SSSR count). The number of nitrogens with one attached hydrogen (secondary N) is 2. The zero-order chi connectivity index (χ0) is 17.1. The number of fused-ring (bicyclic) bond motifs is 1. The number of phenolic OH excluding ortho intramolecular Hbond substituents is 2. The van der Waals surface area contributed by atoms with Gasteiger partial charge in [0.05, 0.1) is 6.10 Å². The molecule has 0 spiro atoms. The van der Waals surface area contributed by atoms with Gasteiger partial charge >= 0.3 is 0 Å². The van der Waals surface area contributed by atoms with E-state index in [4.69, 9.17) is 0 Å². The van der Waals surface area contributed by atoms with Crippen LogP contribution in [0.25, 0.3) is 10.9 Å². The molecule has 0 bridgehead atoms. The number of rotatable bonds is 6. The molecular formula is C19H22N2O3. The van der Waals surface area contributed by atoms with E-state index in [1.165, 1.54) is 23.1 Å². The van der Waals surface area contributed by atoms with Crippen molar-refractivity contribution in [2.75, 3.05) is 6.54 Å². The van der Waals surface area contributed by atoms with Crippen LogP contribution in [0.5, 0.6) is 11.5 Å². The van der Waals surface area contributed by atoms with Gasteiger partial charge in [-0.15, -0.1) is 0 Å². The van der Waals surface area contributed by atoms with Crippen LogP contribution in [-0.2, 0) is 6.42 Å². The summed E-state index contributed by atoms with van der Waals surface area (Å²) in [4.78, 5) is 3.27. The average molecular weight is 326 g/mol. The molecule has 5 N–H and O–H groups in total. The van der Waals surface area contributed by atoms with Crippen LogP contribution in [0.1, 0.15) is 24.2 Å². The van der Waals surface area contributed by atoms with Crippen molar-refractivity contribution in [1.29, 1.82) is 0 Å². The summed E-state index contributed by atoms with van der Waals surface area (Å²) in [6.07, 6.45) is 2.12. The predicted octanol–water partition coefficient (Wildman–Crippen LogP) is 2.83. The maximum atomic E-state index is 10.2. The first-order chi connectivity index (χ1) is 11.5. The van der Waals surface area contributed by atoms with Gasteiger partial charge in [0, 0.05) is 29.7 Å². The molecule has 5 heteroatoms. The molecule has 0 aliphatic carbocycles. The number of aromatic nitrogens is 1. The smallest absolute Gasteiger partial charge is 0.157 e. The molecule has 0 saturated heterocycles. The van der Waals surface area contributed by atoms with Gasteiger partial charge in [-0.25, -0.2) is 0 Å². The van der Waals surface area contributed by atoms with Crippen LogP contribution >= 0.6 is 0 Å². The zero-order valence-electron chi connectivity index (χ0n) is 13.5. The summed E-state index contributed by atoms with van der Waals surface area (Å²) < 4.78 is 0. The van der Waals surface area contributed by atoms with Crippen molar-refractivity contribution < 1.29 is 15.3 Å². The number of aromatic amines is 1. The summed E-state index contributed by atoms with van der Waals surface area (Å²) in [5.74, 6) is -0.412. The molecule has 2 atom stereocenters. The normalized spacial score (nSPS) is 13.9. The Morgan fingerprint density at radius 1 is 1.08 bits per heavy atom. The fourth-order valence-electron chi connectivity index (χ4n) is 2.88. The van der Waals surface area contributed by atoms with Crippen LogP contribution in [0.3, 0.4) is 0 Å². The molecule has 126 valence electrons. The molecule has 5 nitrogen and oxygen atoms in total. The van der Waals surface area contributed by atoms with Crippen LogP contribution < -0.4 is 5.32 Å². The Labute approximate surface area is 140 Å². The molecule has 2 aromatic carbocycles. The molecule has 2 unspecified atom stereocenters. The monoisotopic (exact) mass is 326 g/mol. The maximum Gasteiger partial charge on any atom is 0.157 e. The lowest BCUT2D eigenvalue weighted by Gasteiger charge is -2.17. The highest BCUT2D eigenvalue weighted by Gasteiger charge is 2.13. The van der Waals surface area contributed by atoms with Gasteiger partial charge in [-0.2, -0.15) is 0 Å². The number of aliphatic hydroxyl groups is 1. The lowest BCUT2D eigenvalue weighted by Crippen LogP contribution is -2.32. The Hall–Kier alpha value is -2.50. The zero-order valence-corrected chi connectivity index (χ0v) is 13.5. The number of H-pyrrole nitrogens is 1. The highest BCUT2D eigenvalue weighted by Crippen LogP contribution is 2.27. The number of aromatic hydroxyl groups is 2. The van der Waals surface area contributed by atoms with E-state index in [2.05, 4.69) is 29.4 Å². The maximum absolute atomic E-state index is 10.2. The molecule has 0 fully saturated rings. The van der Waals surface area contributed by atoms with Crippen molar-refractivity contribution in [3.63, 3.8) is 0 Å². The molecule has 3 aromatic rings. The van der Waals surface area contributed by atoms with Crippen LogP contribution in [0.15, 0.2) is 48.7 Å². The Bertz CT molecular complexity index is 828. The van der Waals surface area contributed by atoms with E-state index in [1.807, 2.05) is 18.3 Å². The number of para-hydroxylation sites is 1. The first-order valence-electron chi connectivity index (χ1n) is 8.03. The first-order valence-corrected chi connectivity index (χ1v) is 8.03. The molecule has 24 heavy (non-hydrogen) atoms. The van der Waals surface area contributed by atoms with Gasteiger partial charge < -0.3 is 25.6 Å². The van der Waals surface area contributed by atoms with E-state index in [0.29, 0.717) is 12.1 Å². The van der Waals surface area contributed by atoms with Crippen LogP contribution in [0.4, 0.5) is 0 Å². The summed E-state index contributed by atoms with van der Waals surface area (Å²) in [5.41, 5.74) is 2.93. The van der Waals surface area contributed by atoms with Gasteiger partial charge in [0.15, 0.2) is 11.5 Å². The van der Waals surface area contributed by atoms with Crippen molar-refractivity contribution in [1.82, 2.24) is 10.3 Å². The summed E-state index contributed by atoms with van der Waals surface area (Å²) in [6, 6.07) is 12.7. The van der Waals surface area contributed by atoms with Gasteiger partial charge in [0.2, 0.25) is 0 Å². The van der Waals surface area contributed by atoms with Gasteiger partial charge in [0.25, 0.3) is 0 Å². The van der Waals surface area contributed by atoms with E-state index in [1.54, 1.807) is 6.07 Å². The molecule has 0 amide bonds. The van der Waals surface area contributed by atoms with Crippen molar-refractivity contribution in [3.05, 3.63) is 59.8 Å². The third-order valence-electron chi connectivity index (χ3n) is 4.24. The summed E-state index contributed by atoms with van der Waals surface area (Å²) >= 11 is 0. The minimum atomic E-state index is -0.748. The van der Waals surface area contributed by atoms with Crippen molar-refractivity contribution in [2.45, 2.75) is 25.5 Å².